The highest BCUT2D eigenvalue weighted by molar-refractivity contribution is 5.94. The molecule has 110 valence electrons. The maximum Gasteiger partial charge on any atom is 0.251 e. The number of anilines is 1. The van der Waals surface area contributed by atoms with Gasteiger partial charge in [-0.05, 0) is 19.1 Å². The normalized spacial score (nSPS) is 15.9. The summed E-state index contributed by atoms with van der Waals surface area (Å²) in [6.45, 7) is 6.65. The molecule has 4 N–H and O–H groups in total. The van der Waals surface area contributed by atoms with E-state index in [-0.39, 0.29) is 5.91 Å². The van der Waals surface area contributed by atoms with Crippen LogP contribution in [-0.2, 0) is 4.74 Å². The summed E-state index contributed by atoms with van der Waals surface area (Å²) in [6.07, 6.45) is 0. The number of hydrogen-bond acceptors (Lipinski definition) is 6. The Kier molecular flexibility index (Phi) is 5.28. The fourth-order valence-electron chi connectivity index (χ4n) is 2.13. The molecule has 1 aliphatic rings. The molecule has 0 atom stereocenters. The number of aryl methyl sites for hydroxylation is 1. The lowest BCUT2D eigenvalue weighted by molar-refractivity contribution is 0.0383. The number of amides is 1. The molecule has 20 heavy (non-hydrogen) atoms. The second kappa shape index (κ2) is 7.18. The highest BCUT2D eigenvalue weighted by Crippen LogP contribution is 2.08. The van der Waals surface area contributed by atoms with Gasteiger partial charge in [-0.25, -0.2) is 10.8 Å². The van der Waals surface area contributed by atoms with Crippen LogP contribution in [0.1, 0.15) is 16.1 Å². The van der Waals surface area contributed by atoms with Crippen molar-refractivity contribution in [1.82, 2.24) is 15.2 Å². The molecule has 2 heterocycles. The van der Waals surface area contributed by atoms with Gasteiger partial charge in [0, 0.05) is 37.4 Å². The predicted octanol–water partition coefficient (Wildman–Crippen LogP) is -0.262. The molecule has 1 saturated heterocycles. The summed E-state index contributed by atoms with van der Waals surface area (Å²) in [4.78, 5) is 18.5. The molecule has 1 aliphatic heterocycles. The molecule has 0 radical (unpaired) electrons. The van der Waals surface area contributed by atoms with Crippen LogP contribution in [0.4, 0.5) is 5.82 Å². The summed E-state index contributed by atoms with van der Waals surface area (Å²) in [5.41, 5.74) is 3.77. The van der Waals surface area contributed by atoms with Crippen LogP contribution in [-0.4, -0.2) is 55.2 Å². The third-order valence-corrected chi connectivity index (χ3v) is 3.18. The average Bonchev–Trinajstić information content (AvgIpc) is 2.47. The molecule has 7 heteroatoms. The van der Waals surface area contributed by atoms with E-state index in [1.165, 1.54) is 0 Å². The number of carbonyl (C=O) groups is 1. The molecule has 0 aromatic carbocycles. The van der Waals surface area contributed by atoms with Gasteiger partial charge in [0.25, 0.3) is 5.91 Å². The second-order valence-electron chi connectivity index (χ2n) is 4.74. The van der Waals surface area contributed by atoms with E-state index in [1.54, 1.807) is 12.1 Å². The molecular weight excluding hydrogens is 258 g/mol. The highest BCUT2D eigenvalue weighted by atomic mass is 16.5. The Hall–Kier alpha value is -1.70. The van der Waals surface area contributed by atoms with Crippen molar-refractivity contribution < 1.29 is 9.53 Å². The van der Waals surface area contributed by atoms with Crippen LogP contribution in [0.25, 0.3) is 0 Å². The number of nitrogen functional groups attached to an aromatic ring is 1. The minimum Gasteiger partial charge on any atom is -0.379 e. The Labute approximate surface area is 118 Å². The van der Waals surface area contributed by atoms with E-state index in [4.69, 9.17) is 10.6 Å². The number of aromatic nitrogens is 1. The van der Waals surface area contributed by atoms with Crippen molar-refractivity contribution in [3.05, 3.63) is 23.4 Å². The van der Waals surface area contributed by atoms with Crippen molar-refractivity contribution >= 4 is 11.7 Å². The third-order valence-electron chi connectivity index (χ3n) is 3.18. The highest BCUT2D eigenvalue weighted by Gasteiger charge is 2.11. The first-order valence-corrected chi connectivity index (χ1v) is 6.72. The summed E-state index contributed by atoms with van der Waals surface area (Å²) < 4.78 is 5.28. The van der Waals surface area contributed by atoms with Crippen molar-refractivity contribution in [2.75, 3.05) is 44.8 Å². The van der Waals surface area contributed by atoms with E-state index in [0.29, 0.717) is 17.9 Å². The SMILES string of the molecule is Cc1cc(C(=O)NCCN2CCOCC2)cc(NN)n1. The fourth-order valence-corrected chi connectivity index (χ4v) is 2.13. The molecule has 0 saturated carbocycles. The first-order valence-electron chi connectivity index (χ1n) is 6.72. The minimum absolute atomic E-state index is 0.111. The van der Waals surface area contributed by atoms with Crippen LogP contribution in [0.3, 0.4) is 0 Å². The van der Waals surface area contributed by atoms with Crippen LogP contribution in [0, 0.1) is 6.92 Å². The number of pyridine rings is 1. The van der Waals surface area contributed by atoms with Gasteiger partial charge in [-0.1, -0.05) is 0 Å². The van der Waals surface area contributed by atoms with Crippen molar-refractivity contribution in [2.24, 2.45) is 5.84 Å². The Bertz CT molecular complexity index is 460. The Balaban J connectivity index is 1.83. The molecule has 0 aliphatic carbocycles. The van der Waals surface area contributed by atoms with E-state index in [1.807, 2.05) is 6.92 Å². The number of carbonyl (C=O) groups excluding carboxylic acids is 1. The third kappa shape index (κ3) is 4.16. The molecule has 0 unspecified atom stereocenters. The zero-order valence-electron chi connectivity index (χ0n) is 11.7. The first kappa shape index (κ1) is 14.7. The average molecular weight is 279 g/mol. The second-order valence-corrected chi connectivity index (χ2v) is 4.74. The van der Waals surface area contributed by atoms with E-state index in [9.17, 15) is 4.79 Å². The summed E-state index contributed by atoms with van der Waals surface area (Å²) in [5, 5.41) is 2.91. The van der Waals surface area contributed by atoms with Crippen molar-refractivity contribution in [3.63, 3.8) is 0 Å². The van der Waals surface area contributed by atoms with E-state index in [0.717, 1.165) is 38.5 Å². The molecule has 1 amide bonds. The van der Waals surface area contributed by atoms with E-state index in [2.05, 4.69) is 20.6 Å². The standard InChI is InChI=1S/C13H21N5O2/c1-10-8-11(9-12(16-10)17-14)13(19)15-2-3-18-4-6-20-7-5-18/h8-9H,2-7,14H2,1H3,(H,15,19)(H,16,17). The summed E-state index contributed by atoms with van der Waals surface area (Å²) in [5.74, 6) is 5.70. The molecule has 1 aromatic heterocycles. The first-order chi connectivity index (χ1) is 9.69. The summed E-state index contributed by atoms with van der Waals surface area (Å²) in [6, 6.07) is 3.38. The van der Waals surface area contributed by atoms with Crippen LogP contribution in [0.2, 0.25) is 0 Å². The van der Waals surface area contributed by atoms with E-state index >= 15 is 0 Å². The van der Waals surface area contributed by atoms with Gasteiger partial charge in [0.2, 0.25) is 0 Å². The zero-order chi connectivity index (χ0) is 14.4. The molecular formula is C13H21N5O2. The van der Waals surface area contributed by atoms with Crippen LogP contribution >= 0.6 is 0 Å². The summed E-state index contributed by atoms with van der Waals surface area (Å²) >= 11 is 0. The van der Waals surface area contributed by atoms with Crippen LogP contribution in [0.15, 0.2) is 12.1 Å². The van der Waals surface area contributed by atoms with Gasteiger partial charge < -0.3 is 15.5 Å². The lowest BCUT2D eigenvalue weighted by Gasteiger charge is -2.26. The van der Waals surface area contributed by atoms with Crippen LogP contribution < -0.4 is 16.6 Å². The number of nitrogens with zero attached hydrogens (tertiary/aromatic N) is 2. The lowest BCUT2D eigenvalue weighted by atomic mass is 10.2. The van der Waals surface area contributed by atoms with Gasteiger partial charge >= 0.3 is 0 Å². The number of hydrazine groups is 1. The van der Waals surface area contributed by atoms with Crippen molar-refractivity contribution in [3.8, 4) is 0 Å². The minimum atomic E-state index is -0.111. The monoisotopic (exact) mass is 279 g/mol. The largest absolute Gasteiger partial charge is 0.379 e. The smallest absolute Gasteiger partial charge is 0.251 e. The number of morpholine rings is 1. The molecule has 7 nitrogen and oxygen atoms in total. The van der Waals surface area contributed by atoms with Gasteiger partial charge in [0.15, 0.2) is 0 Å². The molecule has 1 fully saturated rings. The Morgan fingerprint density at radius 3 is 2.90 bits per heavy atom. The van der Waals surface area contributed by atoms with Gasteiger partial charge in [-0.15, -0.1) is 0 Å². The predicted molar refractivity (Wildman–Crippen MR) is 76.4 cm³/mol. The number of ether oxygens (including phenoxy) is 1. The number of nitrogens with one attached hydrogen (secondary N) is 2. The maximum atomic E-state index is 12.1. The molecule has 0 spiro atoms. The number of hydrogen-bond donors (Lipinski definition) is 3. The van der Waals surface area contributed by atoms with Gasteiger partial charge in [-0.3, -0.25) is 9.69 Å². The van der Waals surface area contributed by atoms with Gasteiger partial charge in [0.05, 0.1) is 13.2 Å². The molecule has 1 aromatic rings. The fraction of sp³-hybridized carbons (Fsp3) is 0.538. The van der Waals surface area contributed by atoms with E-state index < -0.39 is 0 Å². The van der Waals surface area contributed by atoms with Crippen LogP contribution in [0.5, 0.6) is 0 Å². The number of rotatable bonds is 5. The lowest BCUT2D eigenvalue weighted by Crippen LogP contribution is -2.41. The Morgan fingerprint density at radius 1 is 1.45 bits per heavy atom. The van der Waals surface area contributed by atoms with Gasteiger partial charge in [-0.2, -0.15) is 0 Å². The quantitative estimate of drug-likeness (QED) is 0.508. The summed E-state index contributed by atoms with van der Waals surface area (Å²) in [7, 11) is 0. The zero-order valence-corrected chi connectivity index (χ0v) is 11.7. The topological polar surface area (TPSA) is 92.5 Å². The molecule has 0 bridgehead atoms. The maximum absolute atomic E-state index is 12.1. The Morgan fingerprint density at radius 2 is 2.20 bits per heavy atom. The van der Waals surface area contributed by atoms with Crippen molar-refractivity contribution in [2.45, 2.75) is 6.92 Å². The molecule has 2 rings (SSSR count). The van der Waals surface area contributed by atoms with Gasteiger partial charge in [0.1, 0.15) is 5.82 Å². The number of nitrogens with two attached hydrogens (primary N) is 1. The van der Waals surface area contributed by atoms with Crippen molar-refractivity contribution in [1.29, 1.82) is 0 Å².